The summed E-state index contributed by atoms with van der Waals surface area (Å²) in [6.07, 6.45) is 3.72. The summed E-state index contributed by atoms with van der Waals surface area (Å²) in [5, 5.41) is 3.38. The molecule has 0 fully saturated rings. The molecule has 0 saturated carbocycles. The zero-order chi connectivity index (χ0) is 10.8. The van der Waals surface area contributed by atoms with E-state index in [1.165, 1.54) is 16.9 Å². The predicted molar refractivity (Wildman–Crippen MR) is 65.4 cm³/mol. The molecule has 1 N–H and O–H groups in total. The van der Waals surface area contributed by atoms with E-state index >= 15 is 0 Å². The number of pyridine rings is 1. The van der Waals surface area contributed by atoms with Crippen molar-refractivity contribution in [3.63, 3.8) is 0 Å². The lowest BCUT2D eigenvalue weighted by Gasteiger charge is -2.17. The molecular formula is C13H13N3. The molecule has 3 nitrogen and oxygen atoms in total. The Morgan fingerprint density at radius 1 is 1.19 bits per heavy atom. The fourth-order valence-electron chi connectivity index (χ4n) is 2.02. The Balaban J connectivity index is 1.84. The molecule has 3 rings (SSSR count). The number of hydrogen-bond donors (Lipinski definition) is 1. The number of para-hydroxylation sites is 2. The second-order valence-corrected chi connectivity index (χ2v) is 3.91. The van der Waals surface area contributed by atoms with Crippen molar-refractivity contribution in [3.05, 3.63) is 54.4 Å². The molecule has 2 heterocycles. The summed E-state index contributed by atoms with van der Waals surface area (Å²) < 4.78 is 0. The fraction of sp³-hybridized carbons (Fsp3) is 0.154. The molecule has 0 atom stereocenters. The van der Waals surface area contributed by atoms with E-state index in [4.69, 9.17) is 0 Å². The van der Waals surface area contributed by atoms with E-state index in [2.05, 4.69) is 45.5 Å². The van der Waals surface area contributed by atoms with Gasteiger partial charge in [-0.05, 0) is 23.8 Å². The van der Waals surface area contributed by atoms with Gasteiger partial charge >= 0.3 is 0 Å². The minimum Gasteiger partial charge on any atom is -0.366 e. The first-order valence-corrected chi connectivity index (χ1v) is 5.40. The molecule has 80 valence electrons. The molecule has 3 heteroatoms. The summed E-state index contributed by atoms with van der Waals surface area (Å²) in [5.74, 6) is 0. The van der Waals surface area contributed by atoms with Crippen LogP contribution in [0, 0.1) is 0 Å². The number of fused-ring (bicyclic) bond motifs is 1. The van der Waals surface area contributed by atoms with Crippen LogP contribution in [0.3, 0.4) is 0 Å². The zero-order valence-electron chi connectivity index (χ0n) is 8.93. The van der Waals surface area contributed by atoms with E-state index in [9.17, 15) is 0 Å². The van der Waals surface area contributed by atoms with Crippen LogP contribution in [0.1, 0.15) is 5.56 Å². The first-order chi connectivity index (χ1) is 7.93. The Morgan fingerprint density at radius 3 is 3.00 bits per heavy atom. The van der Waals surface area contributed by atoms with Gasteiger partial charge in [0.1, 0.15) is 0 Å². The number of nitrogens with zero attached hydrogens (tertiary/aromatic N) is 2. The Bertz CT molecular complexity index is 482. The molecule has 2 aromatic rings. The Hall–Kier alpha value is -2.03. The van der Waals surface area contributed by atoms with Gasteiger partial charge in [-0.25, -0.2) is 0 Å². The van der Waals surface area contributed by atoms with Crippen LogP contribution in [0.15, 0.2) is 48.8 Å². The molecule has 0 radical (unpaired) electrons. The van der Waals surface area contributed by atoms with Crippen molar-refractivity contribution in [3.8, 4) is 0 Å². The van der Waals surface area contributed by atoms with E-state index in [0.29, 0.717) is 0 Å². The largest absolute Gasteiger partial charge is 0.366 e. The SMILES string of the molecule is c1cncc(CN2CNc3ccccc32)c1. The minimum atomic E-state index is 0.869. The molecule has 1 aromatic carbocycles. The van der Waals surface area contributed by atoms with Crippen LogP contribution in [0.5, 0.6) is 0 Å². The van der Waals surface area contributed by atoms with Gasteiger partial charge in [0.25, 0.3) is 0 Å². The number of nitrogens with one attached hydrogen (secondary N) is 1. The van der Waals surface area contributed by atoms with E-state index < -0.39 is 0 Å². The van der Waals surface area contributed by atoms with Gasteiger partial charge in [0.05, 0.1) is 18.0 Å². The van der Waals surface area contributed by atoms with Crippen LogP contribution in [0.4, 0.5) is 11.4 Å². The smallest absolute Gasteiger partial charge is 0.0881 e. The van der Waals surface area contributed by atoms with E-state index in [1.807, 2.05) is 12.3 Å². The summed E-state index contributed by atoms with van der Waals surface area (Å²) >= 11 is 0. The molecular weight excluding hydrogens is 198 g/mol. The van der Waals surface area contributed by atoms with Gasteiger partial charge in [-0.3, -0.25) is 4.98 Å². The molecule has 1 aliphatic heterocycles. The van der Waals surface area contributed by atoms with Crippen LogP contribution in [-0.4, -0.2) is 11.7 Å². The molecule has 1 aromatic heterocycles. The highest BCUT2D eigenvalue weighted by molar-refractivity contribution is 5.74. The molecule has 0 unspecified atom stereocenters. The van der Waals surface area contributed by atoms with Gasteiger partial charge in [0, 0.05) is 18.9 Å². The van der Waals surface area contributed by atoms with Crippen molar-refractivity contribution in [2.24, 2.45) is 0 Å². The number of benzene rings is 1. The summed E-state index contributed by atoms with van der Waals surface area (Å²) in [7, 11) is 0. The number of anilines is 2. The summed E-state index contributed by atoms with van der Waals surface area (Å²) in [5.41, 5.74) is 3.72. The molecule has 0 saturated heterocycles. The van der Waals surface area contributed by atoms with Gasteiger partial charge in [-0.2, -0.15) is 0 Å². The Labute approximate surface area is 94.7 Å². The van der Waals surface area contributed by atoms with Crippen LogP contribution in [-0.2, 0) is 6.54 Å². The van der Waals surface area contributed by atoms with E-state index in [0.717, 1.165) is 13.2 Å². The van der Waals surface area contributed by atoms with Crippen molar-refractivity contribution in [1.82, 2.24) is 4.98 Å². The maximum atomic E-state index is 4.14. The Morgan fingerprint density at radius 2 is 2.12 bits per heavy atom. The third-order valence-corrected chi connectivity index (χ3v) is 2.80. The maximum absolute atomic E-state index is 4.14. The average molecular weight is 211 g/mol. The highest BCUT2D eigenvalue weighted by Crippen LogP contribution is 2.31. The molecule has 0 aliphatic carbocycles. The highest BCUT2D eigenvalue weighted by atomic mass is 15.3. The third kappa shape index (κ3) is 1.60. The van der Waals surface area contributed by atoms with Gasteiger partial charge < -0.3 is 10.2 Å². The number of aromatic nitrogens is 1. The first kappa shape index (κ1) is 9.21. The van der Waals surface area contributed by atoms with Crippen LogP contribution < -0.4 is 10.2 Å². The van der Waals surface area contributed by atoms with Crippen LogP contribution in [0.25, 0.3) is 0 Å². The van der Waals surface area contributed by atoms with Crippen molar-refractivity contribution < 1.29 is 0 Å². The Kier molecular flexibility index (Phi) is 2.22. The van der Waals surface area contributed by atoms with Crippen LogP contribution in [0.2, 0.25) is 0 Å². The van der Waals surface area contributed by atoms with Crippen molar-refractivity contribution in [2.45, 2.75) is 6.54 Å². The molecule has 0 amide bonds. The lowest BCUT2D eigenvalue weighted by atomic mass is 10.2. The van der Waals surface area contributed by atoms with Crippen molar-refractivity contribution in [2.75, 3.05) is 16.9 Å². The molecule has 16 heavy (non-hydrogen) atoms. The topological polar surface area (TPSA) is 28.2 Å². The second kappa shape index (κ2) is 3.85. The lowest BCUT2D eigenvalue weighted by Crippen LogP contribution is -2.21. The van der Waals surface area contributed by atoms with Crippen molar-refractivity contribution >= 4 is 11.4 Å². The first-order valence-electron chi connectivity index (χ1n) is 5.40. The second-order valence-electron chi connectivity index (χ2n) is 3.91. The lowest BCUT2D eigenvalue weighted by molar-refractivity contribution is 0.867. The summed E-state index contributed by atoms with van der Waals surface area (Å²) in [6.45, 7) is 1.77. The van der Waals surface area contributed by atoms with Crippen LogP contribution >= 0.6 is 0 Å². The molecule has 0 spiro atoms. The average Bonchev–Trinajstić information content (AvgIpc) is 2.74. The number of hydrogen-bond acceptors (Lipinski definition) is 3. The normalized spacial score (nSPS) is 13.4. The minimum absolute atomic E-state index is 0.869. The predicted octanol–water partition coefficient (Wildman–Crippen LogP) is 2.47. The van der Waals surface area contributed by atoms with Gasteiger partial charge in [-0.15, -0.1) is 0 Å². The van der Waals surface area contributed by atoms with E-state index in [-0.39, 0.29) is 0 Å². The standard InChI is InChI=1S/C13H13N3/c1-2-6-13-12(5-1)15-10-16(13)9-11-4-3-7-14-8-11/h1-8,15H,9-10H2. The molecule has 1 aliphatic rings. The quantitative estimate of drug-likeness (QED) is 0.827. The summed E-state index contributed by atoms with van der Waals surface area (Å²) in [4.78, 5) is 6.45. The van der Waals surface area contributed by atoms with E-state index in [1.54, 1.807) is 6.20 Å². The monoisotopic (exact) mass is 211 g/mol. The third-order valence-electron chi connectivity index (χ3n) is 2.80. The summed E-state index contributed by atoms with van der Waals surface area (Å²) in [6, 6.07) is 12.5. The van der Waals surface area contributed by atoms with Gasteiger partial charge in [-0.1, -0.05) is 18.2 Å². The maximum Gasteiger partial charge on any atom is 0.0881 e. The highest BCUT2D eigenvalue weighted by Gasteiger charge is 2.17. The van der Waals surface area contributed by atoms with Crippen molar-refractivity contribution in [1.29, 1.82) is 0 Å². The van der Waals surface area contributed by atoms with Gasteiger partial charge in [0.15, 0.2) is 0 Å². The van der Waals surface area contributed by atoms with Gasteiger partial charge in [0.2, 0.25) is 0 Å². The zero-order valence-corrected chi connectivity index (χ0v) is 8.93. The fourth-order valence-corrected chi connectivity index (χ4v) is 2.02. The number of rotatable bonds is 2. The molecule has 0 bridgehead atoms.